The summed E-state index contributed by atoms with van der Waals surface area (Å²) in [5, 5.41) is -0.00731. The Kier molecular flexibility index (Phi) is 3.06. The molecule has 0 saturated heterocycles. The molecule has 1 nitrogen and oxygen atoms in total. The van der Waals surface area contributed by atoms with E-state index in [0.717, 1.165) is 3.57 Å². The van der Waals surface area contributed by atoms with E-state index >= 15 is 0 Å². The molecule has 0 atom stereocenters. The maximum absolute atomic E-state index is 13.1. The highest BCUT2D eigenvalue weighted by Gasteiger charge is 2.11. The molecule has 0 aliphatic carbocycles. The Hall–Kier alpha value is -0.160. The predicted molar refractivity (Wildman–Crippen MR) is 54.1 cm³/mol. The second-order valence-electron chi connectivity index (χ2n) is 2.31. The normalized spacial score (nSPS) is 10.0. The molecule has 0 aromatic heterocycles. The summed E-state index contributed by atoms with van der Waals surface area (Å²) in [6, 6.07) is 2.95. The molecule has 0 aliphatic rings. The molecule has 1 rings (SSSR count). The fraction of sp³-hybridized carbons (Fsp3) is 0.125. The van der Waals surface area contributed by atoms with Crippen molar-refractivity contribution in [2.45, 2.75) is 6.92 Å². The van der Waals surface area contributed by atoms with Gasteiger partial charge in [-0.1, -0.05) is 11.6 Å². The van der Waals surface area contributed by atoms with Crippen molar-refractivity contribution in [2.75, 3.05) is 0 Å². The van der Waals surface area contributed by atoms with Crippen LogP contribution in [0, 0.1) is 9.39 Å². The van der Waals surface area contributed by atoms with E-state index in [9.17, 15) is 9.18 Å². The number of benzene rings is 1. The number of hydrogen-bond acceptors (Lipinski definition) is 1. The van der Waals surface area contributed by atoms with Crippen LogP contribution in [0.4, 0.5) is 4.39 Å². The number of halogens is 3. The first-order valence-electron chi connectivity index (χ1n) is 3.18. The van der Waals surface area contributed by atoms with E-state index < -0.39 is 5.82 Å². The summed E-state index contributed by atoms with van der Waals surface area (Å²) < 4.78 is 13.8. The molecular formula is C8H5ClFIO. The summed E-state index contributed by atoms with van der Waals surface area (Å²) in [4.78, 5) is 10.9. The second-order valence-corrected chi connectivity index (χ2v) is 3.96. The highest BCUT2D eigenvalue weighted by molar-refractivity contribution is 14.1. The third kappa shape index (κ3) is 1.95. The van der Waals surface area contributed by atoms with E-state index in [4.69, 9.17) is 11.6 Å². The molecular weight excluding hydrogens is 293 g/mol. The van der Waals surface area contributed by atoms with E-state index in [1.165, 1.54) is 19.1 Å². The number of carbonyl (C=O) groups is 1. The Morgan fingerprint density at radius 2 is 2.17 bits per heavy atom. The van der Waals surface area contributed by atoms with Crippen molar-refractivity contribution in [1.82, 2.24) is 0 Å². The lowest BCUT2D eigenvalue weighted by Gasteiger charge is -2.01. The zero-order chi connectivity index (χ0) is 9.30. The highest BCUT2D eigenvalue weighted by atomic mass is 127. The largest absolute Gasteiger partial charge is 0.294 e. The predicted octanol–water partition coefficient (Wildman–Crippen LogP) is 3.29. The van der Waals surface area contributed by atoms with Crippen LogP contribution in [0.5, 0.6) is 0 Å². The van der Waals surface area contributed by atoms with E-state index in [0.29, 0.717) is 0 Å². The fourth-order valence-electron chi connectivity index (χ4n) is 0.812. The van der Waals surface area contributed by atoms with Crippen molar-refractivity contribution in [3.63, 3.8) is 0 Å². The van der Waals surface area contributed by atoms with E-state index in [1.54, 1.807) is 0 Å². The molecule has 1 aromatic rings. The Bertz CT molecular complexity index is 338. The molecule has 4 heteroatoms. The number of ketones is 1. The molecule has 0 radical (unpaired) electrons. The molecule has 64 valence electrons. The standard InChI is InChI=1S/C8H5ClFIO/c1-4(12)6-2-5(11)3-7(9)8(6)10/h2-3H,1H3. The number of hydrogen-bond donors (Lipinski definition) is 0. The highest BCUT2D eigenvalue weighted by Crippen LogP contribution is 2.22. The number of carbonyl (C=O) groups excluding carboxylic acids is 1. The summed E-state index contributed by atoms with van der Waals surface area (Å²) >= 11 is 7.51. The Morgan fingerprint density at radius 1 is 1.58 bits per heavy atom. The molecule has 1 aromatic carbocycles. The first-order chi connectivity index (χ1) is 5.52. The van der Waals surface area contributed by atoms with Gasteiger partial charge in [-0.3, -0.25) is 4.79 Å². The van der Waals surface area contributed by atoms with Gasteiger partial charge >= 0.3 is 0 Å². The first kappa shape index (κ1) is 9.92. The van der Waals surface area contributed by atoms with Crippen LogP contribution in [0.2, 0.25) is 5.02 Å². The van der Waals surface area contributed by atoms with Crippen molar-refractivity contribution in [3.05, 3.63) is 32.1 Å². The van der Waals surface area contributed by atoms with Gasteiger partial charge in [-0.2, -0.15) is 0 Å². The molecule has 0 bridgehead atoms. The monoisotopic (exact) mass is 298 g/mol. The minimum atomic E-state index is -0.635. The molecule has 0 aliphatic heterocycles. The number of rotatable bonds is 1. The van der Waals surface area contributed by atoms with Gasteiger partial charge in [0.15, 0.2) is 11.6 Å². The van der Waals surface area contributed by atoms with Crippen molar-refractivity contribution >= 4 is 40.0 Å². The third-order valence-electron chi connectivity index (χ3n) is 1.37. The number of Topliss-reactive ketones (excluding diaryl/α,β-unsaturated/α-hetero) is 1. The van der Waals surface area contributed by atoms with Gasteiger partial charge in [-0.05, 0) is 41.6 Å². The Labute approximate surface area is 88.1 Å². The van der Waals surface area contributed by atoms with Gasteiger partial charge in [0.05, 0.1) is 10.6 Å². The lowest BCUT2D eigenvalue weighted by atomic mass is 10.1. The average Bonchev–Trinajstić information content (AvgIpc) is 1.96. The maximum Gasteiger partial charge on any atom is 0.162 e. The summed E-state index contributed by atoms with van der Waals surface area (Å²) in [5.74, 6) is -0.947. The summed E-state index contributed by atoms with van der Waals surface area (Å²) in [7, 11) is 0. The van der Waals surface area contributed by atoms with Crippen LogP contribution in [-0.4, -0.2) is 5.78 Å². The summed E-state index contributed by atoms with van der Waals surface area (Å²) in [6.45, 7) is 1.31. The topological polar surface area (TPSA) is 17.1 Å². The maximum atomic E-state index is 13.1. The molecule has 0 heterocycles. The SMILES string of the molecule is CC(=O)c1cc(I)cc(Cl)c1F. The molecule has 0 amide bonds. The van der Waals surface area contributed by atoms with Crippen LogP contribution < -0.4 is 0 Å². The zero-order valence-corrected chi connectivity index (χ0v) is 9.11. The van der Waals surface area contributed by atoms with Gasteiger partial charge in [-0.15, -0.1) is 0 Å². The molecule has 0 N–H and O–H groups in total. The van der Waals surface area contributed by atoms with Gasteiger partial charge in [-0.25, -0.2) is 4.39 Å². The lowest BCUT2D eigenvalue weighted by Crippen LogP contribution is -1.98. The second kappa shape index (κ2) is 3.70. The van der Waals surface area contributed by atoms with Crippen LogP contribution in [0.15, 0.2) is 12.1 Å². The molecule has 0 fully saturated rings. The summed E-state index contributed by atoms with van der Waals surface area (Å²) in [5.41, 5.74) is 0.0481. The zero-order valence-electron chi connectivity index (χ0n) is 6.20. The van der Waals surface area contributed by atoms with Gasteiger partial charge in [0.1, 0.15) is 0 Å². The fourth-order valence-corrected chi connectivity index (χ4v) is 1.84. The van der Waals surface area contributed by atoms with Gasteiger partial charge in [0, 0.05) is 3.57 Å². The summed E-state index contributed by atoms with van der Waals surface area (Å²) in [6.07, 6.45) is 0. The van der Waals surface area contributed by atoms with Crippen LogP contribution in [0.1, 0.15) is 17.3 Å². The molecule has 0 unspecified atom stereocenters. The molecule has 0 spiro atoms. The van der Waals surface area contributed by atoms with Crippen molar-refractivity contribution < 1.29 is 9.18 Å². The quantitative estimate of drug-likeness (QED) is 0.442. The van der Waals surface area contributed by atoms with Crippen LogP contribution >= 0.6 is 34.2 Å². The minimum Gasteiger partial charge on any atom is -0.294 e. The average molecular weight is 298 g/mol. The van der Waals surface area contributed by atoms with Crippen molar-refractivity contribution in [3.8, 4) is 0 Å². The Balaban J connectivity index is 3.37. The van der Waals surface area contributed by atoms with Crippen molar-refractivity contribution in [2.24, 2.45) is 0 Å². The first-order valence-corrected chi connectivity index (χ1v) is 4.63. The van der Waals surface area contributed by atoms with Gasteiger partial charge < -0.3 is 0 Å². The van der Waals surface area contributed by atoms with E-state index in [-0.39, 0.29) is 16.4 Å². The van der Waals surface area contributed by atoms with E-state index in [1.807, 2.05) is 22.6 Å². The van der Waals surface area contributed by atoms with Gasteiger partial charge in [0.25, 0.3) is 0 Å². The lowest BCUT2D eigenvalue weighted by molar-refractivity contribution is 0.101. The van der Waals surface area contributed by atoms with Gasteiger partial charge in [0.2, 0.25) is 0 Å². The van der Waals surface area contributed by atoms with E-state index in [2.05, 4.69) is 0 Å². The third-order valence-corrected chi connectivity index (χ3v) is 2.27. The molecule has 0 saturated carbocycles. The Morgan fingerprint density at radius 3 is 2.67 bits per heavy atom. The van der Waals surface area contributed by atoms with Crippen LogP contribution in [0.25, 0.3) is 0 Å². The van der Waals surface area contributed by atoms with Crippen LogP contribution in [-0.2, 0) is 0 Å². The smallest absolute Gasteiger partial charge is 0.162 e. The van der Waals surface area contributed by atoms with Crippen LogP contribution in [0.3, 0.4) is 0 Å². The minimum absolute atomic E-state index is 0.00731. The van der Waals surface area contributed by atoms with Crippen molar-refractivity contribution in [1.29, 1.82) is 0 Å². The molecule has 12 heavy (non-hydrogen) atoms.